The van der Waals surface area contributed by atoms with Crippen molar-refractivity contribution < 1.29 is 4.79 Å². The first-order valence-electron chi connectivity index (χ1n) is 6.30. The molecule has 1 aromatic rings. The molecule has 1 saturated carbocycles. The number of amides is 1. The van der Waals surface area contributed by atoms with Crippen LogP contribution < -0.4 is 5.32 Å². The van der Waals surface area contributed by atoms with Gasteiger partial charge >= 0.3 is 0 Å². The van der Waals surface area contributed by atoms with E-state index in [2.05, 4.69) is 22.4 Å². The summed E-state index contributed by atoms with van der Waals surface area (Å²) in [6, 6.07) is 1.66. The van der Waals surface area contributed by atoms with Crippen molar-refractivity contribution in [3.63, 3.8) is 0 Å². The highest BCUT2D eigenvalue weighted by Crippen LogP contribution is 2.33. The van der Waals surface area contributed by atoms with E-state index in [1.54, 1.807) is 6.07 Å². The maximum absolute atomic E-state index is 12.1. The fourth-order valence-electron chi connectivity index (χ4n) is 2.67. The molecular formula is C13H18ClN3O. The minimum atomic E-state index is -0.264. The lowest BCUT2D eigenvalue weighted by Crippen LogP contribution is -2.52. The maximum Gasteiger partial charge on any atom is 0.253 e. The van der Waals surface area contributed by atoms with Crippen LogP contribution in [0.15, 0.2) is 18.5 Å². The molecule has 0 aliphatic heterocycles. The molecule has 1 aromatic heterocycles. The predicted molar refractivity (Wildman–Crippen MR) is 70.6 cm³/mol. The summed E-state index contributed by atoms with van der Waals surface area (Å²) in [5, 5.41) is 10.5. The molecule has 1 N–H and O–H groups in total. The molecule has 2 rings (SSSR count). The molecule has 5 heteroatoms. The summed E-state index contributed by atoms with van der Waals surface area (Å²) >= 11 is 6.09. The average Bonchev–Trinajstić information content (AvgIpc) is 2.39. The molecule has 1 amide bonds. The van der Waals surface area contributed by atoms with Crippen molar-refractivity contribution in [2.75, 3.05) is 5.88 Å². The molecule has 0 spiro atoms. The van der Waals surface area contributed by atoms with E-state index in [1.165, 1.54) is 18.8 Å². The number of carbonyl (C=O) groups excluding carboxylic acids is 1. The van der Waals surface area contributed by atoms with Gasteiger partial charge in [0.1, 0.15) is 0 Å². The molecule has 18 heavy (non-hydrogen) atoms. The molecule has 1 fully saturated rings. The number of halogens is 1. The molecule has 98 valence electrons. The standard InChI is InChI=1S/C13H18ClN3O/c1-10-3-2-5-13(7-10,9-14)17-12(18)11-4-6-15-16-8-11/h4,6,8,10H,2-3,5,7,9H2,1H3,(H,17,18). The lowest BCUT2D eigenvalue weighted by molar-refractivity contribution is 0.0866. The van der Waals surface area contributed by atoms with Gasteiger partial charge in [0.05, 0.1) is 23.5 Å². The van der Waals surface area contributed by atoms with E-state index in [-0.39, 0.29) is 11.4 Å². The topological polar surface area (TPSA) is 54.9 Å². The largest absolute Gasteiger partial charge is 0.345 e. The van der Waals surface area contributed by atoms with E-state index < -0.39 is 0 Å². The highest BCUT2D eigenvalue weighted by Gasteiger charge is 2.35. The second-order valence-electron chi connectivity index (χ2n) is 5.20. The molecule has 1 heterocycles. The average molecular weight is 268 g/mol. The zero-order chi connectivity index (χ0) is 13.0. The van der Waals surface area contributed by atoms with Crippen LogP contribution in [0.3, 0.4) is 0 Å². The van der Waals surface area contributed by atoms with Gasteiger partial charge in [-0.2, -0.15) is 10.2 Å². The Labute approximate surface area is 112 Å². The van der Waals surface area contributed by atoms with Crippen LogP contribution in [0.4, 0.5) is 0 Å². The SMILES string of the molecule is CC1CCCC(CCl)(NC(=O)c2ccnnc2)C1. The van der Waals surface area contributed by atoms with Crippen molar-refractivity contribution in [3.05, 3.63) is 24.0 Å². The first kappa shape index (κ1) is 13.3. The van der Waals surface area contributed by atoms with Gasteiger partial charge in [0.25, 0.3) is 5.91 Å². The Morgan fingerprint density at radius 1 is 1.61 bits per heavy atom. The van der Waals surface area contributed by atoms with Gasteiger partial charge in [-0.05, 0) is 24.8 Å². The van der Waals surface area contributed by atoms with Gasteiger partial charge < -0.3 is 5.32 Å². The van der Waals surface area contributed by atoms with Crippen molar-refractivity contribution in [2.24, 2.45) is 5.92 Å². The zero-order valence-corrected chi connectivity index (χ0v) is 11.3. The van der Waals surface area contributed by atoms with Gasteiger partial charge in [-0.1, -0.05) is 19.8 Å². The maximum atomic E-state index is 12.1. The van der Waals surface area contributed by atoms with Crippen LogP contribution in [0.5, 0.6) is 0 Å². The van der Waals surface area contributed by atoms with Gasteiger partial charge in [-0.15, -0.1) is 11.6 Å². The Balaban J connectivity index is 2.08. The number of nitrogens with one attached hydrogen (secondary N) is 1. The summed E-state index contributed by atoms with van der Waals surface area (Å²) in [7, 11) is 0. The Bertz CT molecular complexity index is 412. The number of aromatic nitrogens is 2. The quantitative estimate of drug-likeness (QED) is 0.856. The second-order valence-corrected chi connectivity index (χ2v) is 5.47. The molecule has 1 aliphatic carbocycles. The Morgan fingerprint density at radius 3 is 3.06 bits per heavy atom. The van der Waals surface area contributed by atoms with Gasteiger partial charge in [0.15, 0.2) is 0 Å². The number of nitrogens with zero attached hydrogens (tertiary/aromatic N) is 2. The zero-order valence-electron chi connectivity index (χ0n) is 10.5. The highest BCUT2D eigenvalue weighted by atomic mass is 35.5. The molecule has 0 radical (unpaired) electrons. The number of alkyl halides is 1. The van der Waals surface area contributed by atoms with Crippen LogP contribution in [0.1, 0.15) is 43.0 Å². The van der Waals surface area contributed by atoms with Gasteiger partial charge in [0.2, 0.25) is 0 Å². The molecular weight excluding hydrogens is 250 g/mol. The molecule has 1 aliphatic rings. The van der Waals surface area contributed by atoms with Crippen molar-refractivity contribution in [3.8, 4) is 0 Å². The van der Waals surface area contributed by atoms with Crippen molar-refractivity contribution >= 4 is 17.5 Å². The van der Waals surface area contributed by atoms with Crippen LogP contribution in [0.2, 0.25) is 0 Å². The Kier molecular flexibility index (Phi) is 4.17. The number of hydrogen-bond donors (Lipinski definition) is 1. The van der Waals surface area contributed by atoms with E-state index in [0.717, 1.165) is 19.3 Å². The first-order chi connectivity index (χ1) is 8.65. The van der Waals surface area contributed by atoms with E-state index in [9.17, 15) is 4.79 Å². The van der Waals surface area contributed by atoms with E-state index in [1.807, 2.05) is 0 Å². The summed E-state index contributed by atoms with van der Waals surface area (Å²) < 4.78 is 0. The Morgan fingerprint density at radius 2 is 2.44 bits per heavy atom. The van der Waals surface area contributed by atoms with Crippen LogP contribution in [-0.2, 0) is 0 Å². The van der Waals surface area contributed by atoms with Crippen molar-refractivity contribution in [2.45, 2.75) is 38.1 Å². The van der Waals surface area contributed by atoms with Gasteiger partial charge in [-0.25, -0.2) is 0 Å². The normalized spacial score (nSPS) is 27.8. The minimum absolute atomic E-state index is 0.111. The summed E-state index contributed by atoms with van der Waals surface area (Å²) in [6.07, 6.45) is 7.22. The first-order valence-corrected chi connectivity index (χ1v) is 6.84. The van der Waals surface area contributed by atoms with Gasteiger partial charge in [0, 0.05) is 5.88 Å². The molecule has 0 saturated heterocycles. The molecule has 2 atom stereocenters. The van der Waals surface area contributed by atoms with E-state index in [0.29, 0.717) is 17.4 Å². The molecule has 0 aromatic carbocycles. The monoisotopic (exact) mass is 267 g/mol. The van der Waals surface area contributed by atoms with Crippen LogP contribution in [-0.4, -0.2) is 27.5 Å². The number of hydrogen-bond acceptors (Lipinski definition) is 3. The third kappa shape index (κ3) is 2.99. The second kappa shape index (κ2) is 5.65. The van der Waals surface area contributed by atoms with Crippen LogP contribution >= 0.6 is 11.6 Å². The smallest absolute Gasteiger partial charge is 0.253 e. The van der Waals surface area contributed by atoms with E-state index in [4.69, 9.17) is 11.6 Å². The lowest BCUT2D eigenvalue weighted by atomic mass is 9.77. The fraction of sp³-hybridized carbons (Fsp3) is 0.615. The molecule has 2 unspecified atom stereocenters. The van der Waals surface area contributed by atoms with Crippen LogP contribution in [0.25, 0.3) is 0 Å². The Hall–Kier alpha value is -1.16. The number of rotatable bonds is 3. The van der Waals surface area contributed by atoms with Crippen molar-refractivity contribution in [1.82, 2.24) is 15.5 Å². The molecule has 4 nitrogen and oxygen atoms in total. The lowest BCUT2D eigenvalue weighted by Gasteiger charge is -2.39. The summed E-state index contributed by atoms with van der Waals surface area (Å²) in [6.45, 7) is 2.21. The summed E-state index contributed by atoms with van der Waals surface area (Å²) in [4.78, 5) is 12.1. The fourth-order valence-corrected chi connectivity index (χ4v) is 2.98. The summed E-state index contributed by atoms with van der Waals surface area (Å²) in [5.74, 6) is 0.953. The predicted octanol–water partition coefficient (Wildman–Crippen LogP) is 2.39. The third-order valence-corrected chi connectivity index (χ3v) is 4.08. The highest BCUT2D eigenvalue weighted by molar-refractivity contribution is 6.19. The van der Waals surface area contributed by atoms with Crippen LogP contribution in [0, 0.1) is 5.92 Å². The third-order valence-electron chi connectivity index (χ3n) is 3.57. The molecule has 0 bridgehead atoms. The van der Waals surface area contributed by atoms with Gasteiger partial charge in [-0.3, -0.25) is 4.79 Å². The van der Waals surface area contributed by atoms with Crippen molar-refractivity contribution in [1.29, 1.82) is 0 Å². The number of carbonyl (C=O) groups is 1. The summed E-state index contributed by atoms with van der Waals surface area (Å²) in [5.41, 5.74) is 0.271. The van der Waals surface area contributed by atoms with E-state index >= 15 is 0 Å². The minimum Gasteiger partial charge on any atom is -0.345 e.